The fourth-order valence-corrected chi connectivity index (χ4v) is 2.24. The molecule has 0 saturated heterocycles. The molecule has 3 rings (SSSR count). The van der Waals surface area contributed by atoms with Gasteiger partial charge in [-0.2, -0.15) is 5.10 Å². The van der Waals surface area contributed by atoms with Gasteiger partial charge in [-0.3, -0.25) is 4.68 Å². The van der Waals surface area contributed by atoms with E-state index in [2.05, 4.69) is 31.5 Å². The lowest BCUT2D eigenvalue weighted by Gasteiger charge is -2.22. The van der Waals surface area contributed by atoms with Crippen molar-refractivity contribution in [3.63, 3.8) is 0 Å². The highest BCUT2D eigenvalue weighted by Gasteiger charge is 2.44. The molecule has 0 amide bonds. The van der Waals surface area contributed by atoms with Crippen LogP contribution in [0.1, 0.15) is 63.8 Å². The third kappa shape index (κ3) is 1.58. The van der Waals surface area contributed by atoms with Gasteiger partial charge in [0.2, 0.25) is 0 Å². The van der Waals surface area contributed by atoms with Crippen LogP contribution in [0.2, 0.25) is 0 Å². The van der Waals surface area contributed by atoms with Gasteiger partial charge in [0.15, 0.2) is 0 Å². The molecule has 0 unspecified atom stereocenters. The predicted molar refractivity (Wildman–Crippen MR) is 64.3 cm³/mol. The lowest BCUT2D eigenvalue weighted by Crippen LogP contribution is -2.26. The van der Waals surface area contributed by atoms with Gasteiger partial charge in [-0.1, -0.05) is 0 Å². The first-order valence-electron chi connectivity index (χ1n) is 6.30. The monoisotopic (exact) mass is 219 g/mol. The maximum Gasteiger partial charge on any atom is 0.0826 e. The standard InChI is InChI=1S/C13H21N3/c1-12(2,3)16-10(9-4-5-9)8-11(15-16)13(14)6-7-13/h8-9H,4-7,14H2,1-3H3. The Hall–Kier alpha value is -0.830. The quantitative estimate of drug-likeness (QED) is 0.830. The van der Waals surface area contributed by atoms with Gasteiger partial charge >= 0.3 is 0 Å². The molecule has 0 radical (unpaired) electrons. The highest BCUT2D eigenvalue weighted by atomic mass is 15.3. The normalized spacial score (nSPS) is 23.5. The van der Waals surface area contributed by atoms with Crippen LogP contribution in [0.3, 0.4) is 0 Å². The van der Waals surface area contributed by atoms with Gasteiger partial charge in [-0.05, 0) is 52.5 Å². The van der Waals surface area contributed by atoms with E-state index >= 15 is 0 Å². The first-order valence-corrected chi connectivity index (χ1v) is 6.30. The molecule has 0 aromatic carbocycles. The Balaban J connectivity index is 2.04. The fraction of sp³-hybridized carbons (Fsp3) is 0.769. The average Bonchev–Trinajstić information content (AvgIpc) is 3.08. The Morgan fingerprint density at radius 3 is 2.44 bits per heavy atom. The van der Waals surface area contributed by atoms with Crippen LogP contribution >= 0.6 is 0 Å². The van der Waals surface area contributed by atoms with Crippen LogP contribution in [0.5, 0.6) is 0 Å². The average molecular weight is 219 g/mol. The number of hydrogen-bond donors (Lipinski definition) is 1. The van der Waals surface area contributed by atoms with Crippen LogP contribution in [0.4, 0.5) is 0 Å². The first kappa shape index (κ1) is 10.3. The molecule has 0 spiro atoms. The lowest BCUT2D eigenvalue weighted by molar-refractivity contribution is 0.339. The summed E-state index contributed by atoms with van der Waals surface area (Å²) < 4.78 is 2.20. The van der Waals surface area contributed by atoms with Crippen molar-refractivity contribution in [2.45, 2.75) is 63.5 Å². The second-order valence-corrected chi connectivity index (χ2v) is 6.47. The number of nitrogens with zero attached hydrogens (tertiary/aromatic N) is 2. The zero-order valence-electron chi connectivity index (χ0n) is 10.5. The molecule has 0 atom stereocenters. The van der Waals surface area contributed by atoms with Gasteiger partial charge in [-0.25, -0.2) is 0 Å². The molecule has 2 aliphatic rings. The molecule has 0 bridgehead atoms. The minimum atomic E-state index is -0.0971. The Bertz CT molecular complexity index is 417. The molecule has 2 saturated carbocycles. The van der Waals surface area contributed by atoms with Crippen molar-refractivity contribution in [1.82, 2.24) is 9.78 Å². The molecular formula is C13H21N3. The smallest absolute Gasteiger partial charge is 0.0826 e. The van der Waals surface area contributed by atoms with Crippen LogP contribution in [0.25, 0.3) is 0 Å². The van der Waals surface area contributed by atoms with Gasteiger partial charge in [0, 0.05) is 11.6 Å². The van der Waals surface area contributed by atoms with Crippen molar-refractivity contribution in [3.05, 3.63) is 17.5 Å². The second-order valence-electron chi connectivity index (χ2n) is 6.47. The molecule has 1 heterocycles. The number of nitrogens with two attached hydrogens (primary N) is 1. The molecule has 3 nitrogen and oxygen atoms in total. The maximum absolute atomic E-state index is 6.24. The van der Waals surface area contributed by atoms with Gasteiger partial charge in [0.25, 0.3) is 0 Å². The summed E-state index contributed by atoms with van der Waals surface area (Å²) in [6, 6.07) is 2.26. The summed E-state index contributed by atoms with van der Waals surface area (Å²) in [5, 5.41) is 4.77. The zero-order valence-corrected chi connectivity index (χ0v) is 10.5. The third-order valence-corrected chi connectivity index (χ3v) is 3.67. The molecule has 16 heavy (non-hydrogen) atoms. The first-order chi connectivity index (χ1) is 7.40. The summed E-state index contributed by atoms with van der Waals surface area (Å²) in [6.07, 6.45) is 4.83. The van der Waals surface area contributed by atoms with Crippen molar-refractivity contribution >= 4 is 0 Å². The van der Waals surface area contributed by atoms with E-state index in [4.69, 9.17) is 10.8 Å². The van der Waals surface area contributed by atoms with E-state index in [9.17, 15) is 0 Å². The second kappa shape index (κ2) is 2.89. The Labute approximate surface area is 97.0 Å². The van der Waals surface area contributed by atoms with Crippen LogP contribution in [0, 0.1) is 0 Å². The Kier molecular flexibility index (Phi) is 1.87. The van der Waals surface area contributed by atoms with Crippen molar-refractivity contribution in [3.8, 4) is 0 Å². The summed E-state index contributed by atoms with van der Waals surface area (Å²) in [5.41, 5.74) is 8.73. The van der Waals surface area contributed by atoms with Gasteiger partial charge in [0.1, 0.15) is 0 Å². The van der Waals surface area contributed by atoms with Gasteiger partial charge in [0.05, 0.1) is 16.8 Å². The van der Waals surface area contributed by atoms with Crippen molar-refractivity contribution in [2.24, 2.45) is 5.73 Å². The van der Waals surface area contributed by atoms with Crippen LogP contribution in [-0.4, -0.2) is 9.78 Å². The predicted octanol–water partition coefficient (Wildman–Crippen LogP) is 2.46. The summed E-state index contributed by atoms with van der Waals surface area (Å²) in [6.45, 7) is 6.64. The largest absolute Gasteiger partial charge is 0.320 e. The van der Waals surface area contributed by atoms with Crippen molar-refractivity contribution in [1.29, 1.82) is 0 Å². The number of hydrogen-bond acceptors (Lipinski definition) is 2. The molecule has 2 aliphatic carbocycles. The number of rotatable bonds is 2. The topological polar surface area (TPSA) is 43.8 Å². The van der Waals surface area contributed by atoms with E-state index in [1.165, 1.54) is 18.5 Å². The fourth-order valence-electron chi connectivity index (χ4n) is 2.24. The molecule has 2 fully saturated rings. The van der Waals surface area contributed by atoms with E-state index in [-0.39, 0.29) is 11.1 Å². The third-order valence-electron chi connectivity index (χ3n) is 3.67. The molecule has 1 aromatic heterocycles. The zero-order chi connectivity index (χ0) is 11.6. The summed E-state index contributed by atoms with van der Waals surface area (Å²) >= 11 is 0. The number of aromatic nitrogens is 2. The molecule has 0 aliphatic heterocycles. The van der Waals surface area contributed by atoms with Gasteiger partial charge < -0.3 is 5.73 Å². The van der Waals surface area contributed by atoms with Crippen molar-refractivity contribution in [2.75, 3.05) is 0 Å². The minimum absolute atomic E-state index is 0.0709. The summed E-state index contributed by atoms with van der Waals surface area (Å²) in [4.78, 5) is 0. The highest BCUT2D eigenvalue weighted by molar-refractivity contribution is 5.28. The van der Waals surface area contributed by atoms with E-state index in [0.717, 1.165) is 24.5 Å². The SMILES string of the molecule is CC(C)(C)n1nc(C2(N)CC2)cc1C1CC1. The summed E-state index contributed by atoms with van der Waals surface area (Å²) in [5.74, 6) is 0.739. The van der Waals surface area contributed by atoms with Gasteiger partial charge in [-0.15, -0.1) is 0 Å². The lowest BCUT2D eigenvalue weighted by atomic mass is 10.1. The van der Waals surface area contributed by atoms with E-state index in [1.807, 2.05) is 0 Å². The van der Waals surface area contributed by atoms with Crippen LogP contribution < -0.4 is 5.73 Å². The Morgan fingerprint density at radius 2 is 2.00 bits per heavy atom. The molecule has 3 heteroatoms. The molecule has 1 aromatic rings. The Morgan fingerprint density at radius 1 is 1.38 bits per heavy atom. The molecular weight excluding hydrogens is 198 g/mol. The van der Waals surface area contributed by atoms with Crippen molar-refractivity contribution < 1.29 is 0 Å². The van der Waals surface area contributed by atoms with Crippen LogP contribution in [0.15, 0.2) is 6.07 Å². The van der Waals surface area contributed by atoms with Crippen LogP contribution in [-0.2, 0) is 11.1 Å². The minimum Gasteiger partial charge on any atom is -0.320 e. The van der Waals surface area contributed by atoms with E-state index in [0.29, 0.717) is 0 Å². The molecule has 88 valence electrons. The highest BCUT2D eigenvalue weighted by Crippen LogP contribution is 2.46. The van der Waals surface area contributed by atoms with E-state index in [1.54, 1.807) is 0 Å². The maximum atomic E-state index is 6.24. The molecule has 2 N–H and O–H groups in total. The summed E-state index contributed by atoms with van der Waals surface area (Å²) in [7, 11) is 0. The van der Waals surface area contributed by atoms with E-state index < -0.39 is 0 Å².